The van der Waals surface area contributed by atoms with Crippen molar-refractivity contribution in [2.75, 3.05) is 25.4 Å². The minimum absolute atomic E-state index is 0.209. The van der Waals surface area contributed by atoms with Crippen molar-refractivity contribution in [1.29, 1.82) is 0 Å². The molecule has 2 rings (SSSR count). The normalized spacial score (nSPS) is 21.5. The SMILES string of the molecule is NC(=NO)C1CCCN(CCSc2ccccc2)C1. The van der Waals surface area contributed by atoms with Crippen LogP contribution in [0.4, 0.5) is 0 Å². The van der Waals surface area contributed by atoms with Crippen LogP contribution in [0.3, 0.4) is 0 Å². The predicted molar refractivity (Wildman–Crippen MR) is 79.7 cm³/mol. The second-order valence-electron chi connectivity index (χ2n) is 4.83. The van der Waals surface area contributed by atoms with Gasteiger partial charge in [0.05, 0.1) is 0 Å². The van der Waals surface area contributed by atoms with Crippen LogP contribution in [0.15, 0.2) is 40.4 Å². The number of nitrogens with zero attached hydrogens (tertiary/aromatic N) is 2. The van der Waals surface area contributed by atoms with Gasteiger partial charge >= 0.3 is 0 Å². The Labute approximate surface area is 118 Å². The molecule has 0 bridgehead atoms. The van der Waals surface area contributed by atoms with Crippen molar-refractivity contribution in [2.45, 2.75) is 17.7 Å². The number of likely N-dealkylation sites (tertiary alicyclic amines) is 1. The van der Waals surface area contributed by atoms with Crippen LogP contribution < -0.4 is 5.73 Å². The van der Waals surface area contributed by atoms with Crippen LogP contribution >= 0.6 is 11.8 Å². The molecule has 1 heterocycles. The molecule has 1 aromatic rings. The van der Waals surface area contributed by atoms with E-state index in [1.807, 2.05) is 17.8 Å². The maximum Gasteiger partial charge on any atom is 0.143 e. The summed E-state index contributed by atoms with van der Waals surface area (Å²) in [6, 6.07) is 10.5. The molecule has 104 valence electrons. The maximum atomic E-state index is 8.74. The molecule has 0 aromatic heterocycles. The lowest BCUT2D eigenvalue weighted by molar-refractivity contribution is 0.211. The molecule has 1 aliphatic rings. The molecule has 19 heavy (non-hydrogen) atoms. The van der Waals surface area contributed by atoms with Gasteiger partial charge in [-0.2, -0.15) is 0 Å². The zero-order valence-electron chi connectivity index (χ0n) is 11.0. The highest BCUT2D eigenvalue weighted by Crippen LogP contribution is 2.20. The number of oxime groups is 1. The van der Waals surface area contributed by atoms with Crippen LogP contribution in [0.25, 0.3) is 0 Å². The van der Waals surface area contributed by atoms with Gasteiger partial charge in [-0.1, -0.05) is 23.4 Å². The topological polar surface area (TPSA) is 61.9 Å². The fraction of sp³-hybridized carbons (Fsp3) is 0.500. The molecule has 3 N–H and O–H groups in total. The van der Waals surface area contributed by atoms with Crippen molar-refractivity contribution in [3.8, 4) is 0 Å². The second-order valence-corrected chi connectivity index (χ2v) is 5.99. The summed E-state index contributed by atoms with van der Waals surface area (Å²) in [4.78, 5) is 3.72. The van der Waals surface area contributed by atoms with E-state index < -0.39 is 0 Å². The van der Waals surface area contributed by atoms with Crippen molar-refractivity contribution >= 4 is 17.6 Å². The summed E-state index contributed by atoms with van der Waals surface area (Å²) >= 11 is 1.88. The van der Waals surface area contributed by atoms with Crippen molar-refractivity contribution in [3.05, 3.63) is 30.3 Å². The van der Waals surface area contributed by atoms with Crippen LogP contribution in [0.1, 0.15) is 12.8 Å². The standard InChI is InChI=1S/C14H21N3OS/c15-14(16-18)12-5-4-8-17(11-12)9-10-19-13-6-2-1-3-7-13/h1-3,6-7,12,18H,4-5,8-11H2,(H2,15,16). The Morgan fingerprint density at radius 2 is 2.21 bits per heavy atom. The number of benzene rings is 1. The zero-order valence-corrected chi connectivity index (χ0v) is 11.9. The average Bonchev–Trinajstić information content (AvgIpc) is 2.48. The molecule has 1 aromatic carbocycles. The molecule has 0 aliphatic carbocycles. The van der Waals surface area contributed by atoms with Crippen LogP contribution in [-0.4, -0.2) is 41.3 Å². The van der Waals surface area contributed by atoms with Crippen molar-refractivity contribution in [2.24, 2.45) is 16.8 Å². The molecule has 1 aliphatic heterocycles. The summed E-state index contributed by atoms with van der Waals surface area (Å²) in [5.41, 5.74) is 5.70. The Morgan fingerprint density at radius 1 is 1.42 bits per heavy atom. The van der Waals surface area contributed by atoms with Gasteiger partial charge in [-0.15, -0.1) is 11.8 Å². The van der Waals surface area contributed by atoms with Gasteiger partial charge in [0.25, 0.3) is 0 Å². The van der Waals surface area contributed by atoms with Crippen molar-refractivity contribution in [3.63, 3.8) is 0 Å². The van der Waals surface area contributed by atoms with Gasteiger partial charge in [-0.25, -0.2) is 0 Å². The fourth-order valence-corrected chi connectivity index (χ4v) is 3.33. The molecular formula is C14H21N3OS. The Hall–Kier alpha value is -1.20. The van der Waals surface area contributed by atoms with Gasteiger partial charge in [-0.05, 0) is 31.5 Å². The van der Waals surface area contributed by atoms with E-state index >= 15 is 0 Å². The van der Waals surface area contributed by atoms with Gasteiger partial charge in [-0.3, -0.25) is 0 Å². The monoisotopic (exact) mass is 279 g/mol. The molecule has 0 spiro atoms. The van der Waals surface area contributed by atoms with E-state index in [4.69, 9.17) is 10.9 Å². The molecular weight excluding hydrogens is 258 g/mol. The first-order valence-electron chi connectivity index (χ1n) is 6.67. The van der Waals surface area contributed by atoms with Gasteiger partial charge in [0.15, 0.2) is 0 Å². The molecule has 0 saturated carbocycles. The minimum atomic E-state index is 0.209. The highest BCUT2D eigenvalue weighted by Gasteiger charge is 2.22. The number of rotatable bonds is 5. The van der Waals surface area contributed by atoms with E-state index in [2.05, 4.69) is 34.3 Å². The molecule has 1 saturated heterocycles. The van der Waals surface area contributed by atoms with Crippen LogP contribution in [0.2, 0.25) is 0 Å². The molecule has 0 radical (unpaired) electrons. The molecule has 1 unspecified atom stereocenters. The average molecular weight is 279 g/mol. The van der Waals surface area contributed by atoms with Crippen molar-refractivity contribution in [1.82, 2.24) is 4.90 Å². The molecule has 5 heteroatoms. The molecule has 4 nitrogen and oxygen atoms in total. The van der Waals surface area contributed by atoms with E-state index in [0.717, 1.165) is 38.2 Å². The molecule has 1 fully saturated rings. The van der Waals surface area contributed by atoms with Crippen LogP contribution in [0.5, 0.6) is 0 Å². The number of hydrogen-bond acceptors (Lipinski definition) is 4. The first-order valence-corrected chi connectivity index (χ1v) is 7.66. The Kier molecular flexibility index (Phi) is 5.54. The van der Waals surface area contributed by atoms with Gasteiger partial charge in [0, 0.05) is 29.7 Å². The number of amidine groups is 1. The number of nitrogens with two attached hydrogens (primary N) is 1. The van der Waals surface area contributed by atoms with E-state index in [9.17, 15) is 0 Å². The summed E-state index contributed by atoms with van der Waals surface area (Å²) in [5, 5.41) is 11.9. The van der Waals surface area contributed by atoms with Crippen LogP contribution in [0, 0.1) is 5.92 Å². The maximum absolute atomic E-state index is 8.74. The lowest BCUT2D eigenvalue weighted by Crippen LogP contribution is -2.42. The summed E-state index contributed by atoms with van der Waals surface area (Å²) in [7, 11) is 0. The highest BCUT2D eigenvalue weighted by atomic mass is 32.2. The summed E-state index contributed by atoms with van der Waals surface area (Å²) in [6.07, 6.45) is 2.15. The number of hydrogen-bond donors (Lipinski definition) is 2. The first kappa shape index (κ1) is 14.2. The van der Waals surface area contributed by atoms with E-state index in [1.165, 1.54) is 4.90 Å². The second kappa shape index (κ2) is 7.40. The lowest BCUT2D eigenvalue weighted by Gasteiger charge is -2.31. The summed E-state index contributed by atoms with van der Waals surface area (Å²) < 4.78 is 0. The van der Waals surface area contributed by atoms with Gasteiger partial charge in [0.2, 0.25) is 0 Å². The fourth-order valence-electron chi connectivity index (χ4n) is 2.39. The number of piperidine rings is 1. The third-order valence-electron chi connectivity index (χ3n) is 3.46. The molecule has 1 atom stereocenters. The first-order chi connectivity index (χ1) is 9.29. The third kappa shape index (κ3) is 4.44. The number of thioether (sulfide) groups is 1. The van der Waals surface area contributed by atoms with Gasteiger partial charge in [0.1, 0.15) is 5.84 Å². The van der Waals surface area contributed by atoms with Crippen molar-refractivity contribution < 1.29 is 5.21 Å². The highest BCUT2D eigenvalue weighted by molar-refractivity contribution is 7.99. The predicted octanol–water partition coefficient (Wildman–Crippen LogP) is 2.24. The Balaban J connectivity index is 1.74. The van der Waals surface area contributed by atoms with Crippen LogP contribution in [-0.2, 0) is 0 Å². The zero-order chi connectivity index (χ0) is 13.5. The minimum Gasteiger partial charge on any atom is -0.409 e. The quantitative estimate of drug-likeness (QED) is 0.285. The summed E-state index contributed by atoms with van der Waals surface area (Å²) in [5.74, 6) is 1.66. The lowest BCUT2D eigenvalue weighted by atomic mass is 9.97. The Bertz CT molecular complexity index is 410. The summed E-state index contributed by atoms with van der Waals surface area (Å²) in [6.45, 7) is 3.07. The Morgan fingerprint density at radius 3 is 2.95 bits per heavy atom. The molecule has 0 amide bonds. The van der Waals surface area contributed by atoms with Gasteiger partial charge < -0.3 is 15.8 Å². The largest absolute Gasteiger partial charge is 0.409 e. The third-order valence-corrected chi connectivity index (χ3v) is 4.45. The van der Waals surface area contributed by atoms with E-state index in [-0.39, 0.29) is 5.92 Å². The van der Waals surface area contributed by atoms with E-state index in [1.54, 1.807) is 0 Å². The smallest absolute Gasteiger partial charge is 0.143 e. The van der Waals surface area contributed by atoms with E-state index in [0.29, 0.717) is 5.84 Å².